The van der Waals surface area contributed by atoms with Gasteiger partial charge in [-0.05, 0) is 69.5 Å². The Labute approximate surface area is 162 Å². The van der Waals surface area contributed by atoms with Crippen molar-refractivity contribution in [2.45, 2.75) is 32.3 Å². The normalized spacial score (nSPS) is 22.7. The zero-order valence-corrected chi connectivity index (χ0v) is 16.7. The van der Waals surface area contributed by atoms with Gasteiger partial charge in [-0.1, -0.05) is 11.6 Å². The molecule has 0 radical (unpaired) electrons. The molecule has 5 nitrogen and oxygen atoms in total. The van der Waals surface area contributed by atoms with Crippen molar-refractivity contribution in [2.75, 3.05) is 46.3 Å². The van der Waals surface area contributed by atoms with Crippen molar-refractivity contribution in [3.8, 4) is 5.75 Å². The van der Waals surface area contributed by atoms with Crippen molar-refractivity contribution in [1.29, 1.82) is 0 Å². The molecule has 0 amide bonds. The highest BCUT2D eigenvalue weighted by Crippen LogP contribution is 2.20. The standard InChI is InChI=1S/C20H31ClN4O/c1-16(26-19-7-5-18(21)6-8-19)13-23-20(22-2)25-12-9-17(15-25)14-24-10-3-4-11-24/h5-8,16-17H,3-4,9-15H2,1-2H3,(H,22,23). The largest absolute Gasteiger partial charge is 0.489 e. The Morgan fingerprint density at radius 1 is 1.27 bits per heavy atom. The van der Waals surface area contributed by atoms with Gasteiger partial charge in [-0.3, -0.25) is 4.99 Å². The average molecular weight is 379 g/mol. The maximum absolute atomic E-state index is 5.94. The van der Waals surface area contributed by atoms with Gasteiger partial charge in [0.2, 0.25) is 0 Å². The van der Waals surface area contributed by atoms with Gasteiger partial charge in [-0.25, -0.2) is 0 Å². The molecule has 1 N–H and O–H groups in total. The topological polar surface area (TPSA) is 40.1 Å². The Bertz CT molecular complexity index is 586. The molecule has 2 aliphatic heterocycles. The van der Waals surface area contributed by atoms with Crippen molar-refractivity contribution in [3.05, 3.63) is 29.3 Å². The Hall–Kier alpha value is -1.46. The van der Waals surface area contributed by atoms with Gasteiger partial charge in [0.1, 0.15) is 11.9 Å². The molecule has 0 bridgehead atoms. The number of nitrogens with zero attached hydrogens (tertiary/aromatic N) is 3. The fourth-order valence-electron chi connectivity index (χ4n) is 3.86. The van der Waals surface area contributed by atoms with E-state index in [1.807, 2.05) is 31.3 Å². The molecular weight excluding hydrogens is 348 g/mol. The van der Waals surface area contributed by atoms with E-state index in [9.17, 15) is 0 Å². The van der Waals surface area contributed by atoms with Crippen LogP contribution in [0.15, 0.2) is 29.3 Å². The van der Waals surface area contributed by atoms with E-state index in [-0.39, 0.29) is 6.10 Å². The molecule has 0 saturated carbocycles. The number of halogens is 1. The zero-order chi connectivity index (χ0) is 18.4. The van der Waals surface area contributed by atoms with Crippen molar-refractivity contribution >= 4 is 17.6 Å². The number of rotatable bonds is 6. The molecule has 2 fully saturated rings. The molecule has 0 spiro atoms. The lowest BCUT2D eigenvalue weighted by atomic mass is 10.1. The lowest BCUT2D eigenvalue weighted by Crippen LogP contribution is -2.44. The molecule has 2 aliphatic rings. The lowest BCUT2D eigenvalue weighted by molar-refractivity contribution is 0.222. The van der Waals surface area contributed by atoms with E-state index in [2.05, 4.69) is 27.0 Å². The van der Waals surface area contributed by atoms with E-state index in [0.717, 1.165) is 42.3 Å². The van der Waals surface area contributed by atoms with Gasteiger partial charge < -0.3 is 19.9 Å². The molecule has 0 aromatic heterocycles. The highest BCUT2D eigenvalue weighted by molar-refractivity contribution is 6.30. The number of likely N-dealkylation sites (tertiary alicyclic amines) is 2. The van der Waals surface area contributed by atoms with Crippen LogP contribution in [0.25, 0.3) is 0 Å². The van der Waals surface area contributed by atoms with Crippen molar-refractivity contribution < 1.29 is 4.74 Å². The van der Waals surface area contributed by atoms with E-state index in [1.54, 1.807) is 0 Å². The summed E-state index contributed by atoms with van der Waals surface area (Å²) < 4.78 is 5.94. The Balaban J connectivity index is 1.42. The van der Waals surface area contributed by atoms with Gasteiger partial charge in [0, 0.05) is 31.7 Å². The summed E-state index contributed by atoms with van der Waals surface area (Å²) in [5.41, 5.74) is 0. The van der Waals surface area contributed by atoms with Crippen LogP contribution >= 0.6 is 11.6 Å². The van der Waals surface area contributed by atoms with Gasteiger partial charge in [0.25, 0.3) is 0 Å². The summed E-state index contributed by atoms with van der Waals surface area (Å²) in [6.07, 6.45) is 4.04. The summed E-state index contributed by atoms with van der Waals surface area (Å²) in [6.45, 7) is 8.78. The van der Waals surface area contributed by atoms with Crippen LogP contribution in [0.1, 0.15) is 26.2 Å². The van der Waals surface area contributed by atoms with Crippen LogP contribution in [0, 0.1) is 5.92 Å². The number of benzene rings is 1. The minimum Gasteiger partial charge on any atom is -0.489 e. The first-order chi connectivity index (χ1) is 12.6. The smallest absolute Gasteiger partial charge is 0.193 e. The van der Waals surface area contributed by atoms with E-state index in [0.29, 0.717) is 0 Å². The van der Waals surface area contributed by atoms with Crippen LogP contribution in [0.2, 0.25) is 5.02 Å². The highest BCUT2D eigenvalue weighted by atomic mass is 35.5. The predicted molar refractivity (Wildman–Crippen MR) is 108 cm³/mol. The lowest BCUT2D eigenvalue weighted by Gasteiger charge is -2.24. The molecule has 6 heteroatoms. The van der Waals surface area contributed by atoms with Crippen molar-refractivity contribution in [3.63, 3.8) is 0 Å². The Kier molecular flexibility index (Phi) is 7.03. The molecular formula is C20H31ClN4O. The highest BCUT2D eigenvalue weighted by Gasteiger charge is 2.27. The first kappa shape index (κ1) is 19.3. The molecule has 3 rings (SSSR count). The Morgan fingerprint density at radius 3 is 2.69 bits per heavy atom. The summed E-state index contributed by atoms with van der Waals surface area (Å²) in [7, 11) is 1.86. The minimum absolute atomic E-state index is 0.0518. The van der Waals surface area contributed by atoms with E-state index < -0.39 is 0 Å². The third kappa shape index (κ3) is 5.52. The molecule has 2 saturated heterocycles. The third-order valence-corrected chi connectivity index (χ3v) is 5.46. The quantitative estimate of drug-likeness (QED) is 0.610. The summed E-state index contributed by atoms with van der Waals surface area (Å²) in [5.74, 6) is 2.58. The molecule has 1 aromatic carbocycles. The van der Waals surface area contributed by atoms with Crippen molar-refractivity contribution in [2.24, 2.45) is 10.9 Å². The molecule has 2 unspecified atom stereocenters. The van der Waals surface area contributed by atoms with E-state index in [1.165, 1.54) is 38.9 Å². The van der Waals surface area contributed by atoms with Crippen LogP contribution in [0.3, 0.4) is 0 Å². The van der Waals surface area contributed by atoms with Gasteiger partial charge in [0.15, 0.2) is 5.96 Å². The van der Waals surface area contributed by atoms with Crippen LogP contribution in [-0.2, 0) is 0 Å². The van der Waals surface area contributed by atoms with E-state index >= 15 is 0 Å². The average Bonchev–Trinajstić information content (AvgIpc) is 3.30. The monoisotopic (exact) mass is 378 g/mol. The number of guanidine groups is 1. The van der Waals surface area contributed by atoms with Crippen molar-refractivity contribution in [1.82, 2.24) is 15.1 Å². The number of ether oxygens (including phenoxy) is 1. The third-order valence-electron chi connectivity index (χ3n) is 5.21. The predicted octanol–water partition coefficient (Wildman–Crippen LogP) is 3.10. The summed E-state index contributed by atoms with van der Waals surface area (Å²) in [4.78, 5) is 9.47. The van der Waals surface area contributed by atoms with Gasteiger partial charge in [-0.15, -0.1) is 0 Å². The van der Waals surface area contributed by atoms with Gasteiger partial charge in [0.05, 0.1) is 6.54 Å². The van der Waals surface area contributed by atoms with Crippen LogP contribution in [0.4, 0.5) is 0 Å². The number of hydrogen-bond donors (Lipinski definition) is 1. The van der Waals surface area contributed by atoms with Crippen LogP contribution in [0.5, 0.6) is 5.75 Å². The first-order valence-electron chi connectivity index (χ1n) is 9.74. The second kappa shape index (κ2) is 9.47. The van der Waals surface area contributed by atoms with E-state index in [4.69, 9.17) is 16.3 Å². The maximum atomic E-state index is 5.94. The second-order valence-electron chi connectivity index (χ2n) is 7.42. The minimum atomic E-state index is 0.0518. The van der Waals surface area contributed by atoms with Crippen LogP contribution < -0.4 is 10.1 Å². The SMILES string of the molecule is CN=C(NCC(C)Oc1ccc(Cl)cc1)N1CCC(CN2CCCC2)C1. The molecule has 2 atom stereocenters. The summed E-state index contributed by atoms with van der Waals surface area (Å²) in [5, 5.41) is 4.19. The second-order valence-corrected chi connectivity index (χ2v) is 7.86. The number of nitrogens with one attached hydrogen (secondary N) is 1. The summed E-state index contributed by atoms with van der Waals surface area (Å²) >= 11 is 5.92. The summed E-state index contributed by atoms with van der Waals surface area (Å²) in [6, 6.07) is 7.50. The fourth-order valence-corrected chi connectivity index (χ4v) is 3.98. The maximum Gasteiger partial charge on any atom is 0.193 e. The van der Waals surface area contributed by atoms with Crippen LogP contribution in [-0.4, -0.2) is 68.2 Å². The fraction of sp³-hybridized carbons (Fsp3) is 0.650. The molecule has 1 aromatic rings. The number of aliphatic imine (C=N–C) groups is 1. The molecule has 2 heterocycles. The zero-order valence-electron chi connectivity index (χ0n) is 16.0. The van der Waals surface area contributed by atoms with Gasteiger partial charge in [-0.2, -0.15) is 0 Å². The molecule has 0 aliphatic carbocycles. The molecule has 144 valence electrons. The number of hydrogen-bond acceptors (Lipinski definition) is 3. The first-order valence-corrected chi connectivity index (χ1v) is 10.1. The molecule has 26 heavy (non-hydrogen) atoms. The van der Waals surface area contributed by atoms with Gasteiger partial charge >= 0.3 is 0 Å². The Morgan fingerprint density at radius 2 is 2.00 bits per heavy atom.